The summed E-state index contributed by atoms with van der Waals surface area (Å²) in [5.41, 5.74) is 0. The summed E-state index contributed by atoms with van der Waals surface area (Å²) < 4.78 is 0.924. The molecule has 1 aromatic rings. The largest absolute Gasteiger partial charge is 0.358 e. The smallest absolute Gasteiger partial charge is 0.146 e. The molecule has 1 rings (SSSR count). The molecule has 0 N–H and O–H groups in total. The standard InChI is InChI=1S/C7H9Br2N3/c1-12(3-2-8)7-6(9)4-10-5-11-7/h4-5H,2-3H2,1H3. The minimum atomic E-state index is 0.921. The Morgan fingerprint density at radius 2 is 2.33 bits per heavy atom. The van der Waals surface area contributed by atoms with Crippen LogP contribution in [0.2, 0.25) is 0 Å². The second kappa shape index (κ2) is 4.77. The molecule has 0 atom stereocenters. The van der Waals surface area contributed by atoms with Crippen molar-refractivity contribution in [3.05, 3.63) is 17.0 Å². The zero-order chi connectivity index (χ0) is 8.97. The average molecular weight is 295 g/mol. The van der Waals surface area contributed by atoms with Crippen LogP contribution in [-0.2, 0) is 0 Å². The highest BCUT2D eigenvalue weighted by atomic mass is 79.9. The third kappa shape index (κ3) is 2.42. The quantitative estimate of drug-likeness (QED) is 0.799. The molecule has 66 valence electrons. The van der Waals surface area contributed by atoms with Gasteiger partial charge in [0.2, 0.25) is 0 Å². The van der Waals surface area contributed by atoms with Gasteiger partial charge in [0.05, 0.1) is 4.47 Å². The first-order chi connectivity index (χ1) is 5.75. The van der Waals surface area contributed by atoms with E-state index in [1.807, 2.05) is 7.05 Å². The molecule has 0 aromatic carbocycles. The van der Waals surface area contributed by atoms with Crippen molar-refractivity contribution in [3.8, 4) is 0 Å². The Kier molecular flexibility index (Phi) is 3.94. The molecule has 0 aliphatic carbocycles. The fourth-order valence-corrected chi connectivity index (χ4v) is 1.88. The number of hydrogen-bond acceptors (Lipinski definition) is 3. The van der Waals surface area contributed by atoms with Crippen molar-refractivity contribution >= 4 is 37.7 Å². The molecule has 1 aromatic heterocycles. The predicted octanol–water partition coefficient (Wildman–Crippen LogP) is 2.07. The molecule has 0 bridgehead atoms. The summed E-state index contributed by atoms with van der Waals surface area (Å²) in [4.78, 5) is 10.1. The highest BCUT2D eigenvalue weighted by Crippen LogP contribution is 2.20. The van der Waals surface area contributed by atoms with Gasteiger partial charge in [0.15, 0.2) is 0 Å². The van der Waals surface area contributed by atoms with Crippen LogP contribution in [0.1, 0.15) is 0 Å². The van der Waals surface area contributed by atoms with Crippen LogP contribution in [0.25, 0.3) is 0 Å². The molecule has 0 aliphatic rings. The van der Waals surface area contributed by atoms with E-state index in [4.69, 9.17) is 0 Å². The Balaban J connectivity index is 2.79. The zero-order valence-corrected chi connectivity index (χ0v) is 9.84. The van der Waals surface area contributed by atoms with Crippen LogP contribution in [0.4, 0.5) is 5.82 Å². The molecule has 0 fully saturated rings. The van der Waals surface area contributed by atoms with E-state index in [9.17, 15) is 0 Å². The van der Waals surface area contributed by atoms with Crippen LogP contribution in [0.3, 0.4) is 0 Å². The summed E-state index contributed by atoms with van der Waals surface area (Å²) in [5, 5.41) is 0.930. The van der Waals surface area contributed by atoms with Crippen LogP contribution in [0.5, 0.6) is 0 Å². The molecule has 0 spiro atoms. The third-order valence-corrected chi connectivity index (χ3v) is 2.34. The van der Waals surface area contributed by atoms with Gasteiger partial charge in [-0.2, -0.15) is 0 Å². The van der Waals surface area contributed by atoms with Gasteiger partial charge in [-0.3, -0.25) is 0 Å². The number of hydrogen-bond donors (Lipinski definition) is 0. The number of halogens is 2. The van der Waals surface area contributed by atoms with Crippen LogP contribution < -0.4 is 4.90 Å². The first-order valence-corrected chi connectivity index (χ1v) is 5.39. The van der Waals surface area contributed by atoms with Gasteiger partial charge in [-0.25, -0.2) is 9.97 Å². The second-order valence-electron chi connectivity index (χ2n) is 2.30. The predicted molar refractivity (Wildman–Crippen MR) is 56.8 cm³/mol. The summed E-state index contributed by atoms with van der Waals surface area (Å²) in [6.45, 7) is 0.926. The molecular weight excluding hydrogens is 286 g/mol. The first kappa shape index (κ1) is 9.92. The summed E-state index contributed by atoms with van der Waals surface area (Å²) in [6, 6.07) is 0. The average Bonchev–Trinajstić information content (AvgIpc) is 2.05. The SMILES string of the molecule is CN(CCBr)c1ncncc1Br. The van der Waals surface area contributed by atoms with Crippen molar-refractivity contribution in [1.29, 1.82) is 0 Å². The molecule has 3 nitrogen and oxygen atoms in total. The molecular formula is C7H9Br2N3. The molecule has 1 heterocycles. The van der Waals surface area contributed by atoms with Crippen LogP contribution >= 0.6 is 31.9 Å². The van der Waals surface area contributed by atoms with E-state index in [1.54, 1.807) is 12.5 Å². The number of nitrogens with zero attached hydrogens (tertiary/aromatic N) is 3. The lowest BCUT2D eigenvalue weighted by atomic mass is 10.5. The van der Waals surface area contributed by atoms with Gasteiger partial charge < -0.3 is 4.90 Å². The van der Waals surface area contributed by atoms with Gasteiger partial charge in [0.25, 0.3) is 0 Å². The van der Waals surface area contributed by atoms with Crippen molar-refractivity contribution in [3.63, 3.8) is 0 Å². The van der Waals surface area contributed by atoms with Crippen molar-refractivity contribution in [1.82, 2.24) is 9.97 Å². The highest BCUT2D eigenvalue weighted by Gasteiger charge is 2.04. The lowest BCUT2D eigenvalue weighted by molar-refractivity contribution is 0.933. The van der Waals surface area contributed by atoms with E-state index in [-0.39, 0.29) is 0 Å². The summed E-state index contributed by atoms with van der Waals surface area (Å²) in [6.07, 6.45) is 3.29. The van der Waals surface area contributed by atoms with Gasteiger partial charge in [-0.15, -0.1) is 0 Å². The Labute approximate surface area is 88.5 Å². The maximum atomic E-state index is 4.14. The molecule has 0 saturated heterocycles. The van der Waals surface area contributed by atoms with E-state index in [0.717, 1.165) is 22.2 Å². The van der Waals surface area contributed by atoms with Gasteiger partial charge in [-0.05, 0) is 15.9 Å². The maximum absolute atomic E-state index is 4.14. The molecule has 0 aliphatic heterocycles. The van der Waals surface area contributed by atoms with E-state index < -0.39 is 0 Å². The van der Waals surface area contributed by atoms with Crippen molar-refractivity contribution < 1.29 is 0 Å². The van der Waals surface area contributed by atoms with Gasteiger partial charge >= 0.3 is 0 Å². The fraction of sp³-hybridized carbons (Fsp3) is 0.429. The lowest BCUT2D eigenvalue weighted by Gasteiger charge is -2.16. The Bertz CT molecular complexity index is 254. The van der Waals surface area contributed by atoms with E-state index in [2.05, 4.69) is 46.7 Å². The van der Waals surface area contributed by atoms with Gasteiger partial charge in [0, 0.05) is 25.1 Å². The van der Waals surface area contributed by atoms with E-state index in [0.29, 0.717) is 0 Å². The van der Waals surface area contributed by atoms with Crippen LogP contribution in [0.15, 0.2) is 17.0 Å². The van der Waals surface area contributed by atoms with E-state index >= 15 is 0 Å². The highest BCUT2D eigenvalue weighted by molar-refractivity contribution is 9.10. The number of rotatable bonds is 3. The minimum Gasteiger partial charge on any atom is -0.358 e. The van der Waals surface area contributed by atoms with Crippen molar-refractivity contribution in [2.24, 2.45) is 0 Å². The normalized spacial score (nSPS) is 9.92. The van der Waals surface area contributed by atoms with Gasteiger partial charge in [0.1, 0.15) is 12.1 Å². The first-order valence-electron chi connectivity index (χ1n) is 3.48. The van der Waals surface area contributed by atoms with Crippen LogP contribution in [-0.4, -0.2) is 28.9 Å². The molecule has 0 radical (unpaired) electrons. The zero-order valence-electron chi connectivity index (χ0n) is 6.67. The monoisotopic (exact) mass is 293 g/mol. The summed E-state index contributed by atoms with van der Waals surface area (Å²) >= 11 is 6.76. The summed E-state index contributed by atoms with van der Waals surface area (Å²) in [5.74, 6) is 0.921. The Morgan fingerprint density at radius 1 is 1.58 bits per heavy atom. The van der Waals surface area contributed by atoms with Crippen LogP contribution in [0, 0.1) is 0 Å². The van der Waals surface area contributed by atoms with Crippen molar-refractivity contribution in [2.75, 3.05) is 23.8 Å². The maximum Gasteiger partial charge on any atom is 0.146 e. The van der Waals surface area contributed by atoms with E-state index in [1.165, 1.54) is 0 Å². The molecule has 0 unspecified atom stereocenters. The number of aromatic nitrogens is 2. The third-order valence-electron chi connectivity index (χ3n) is 1.43. The van der Waals surface area contributed by atoms with Gasteiger partial charge in [-0.1, -0.05) is 15.9 Å². The number of anilines is 1. The molecule has 0 saturated carbocycles. The number of alkyl halides is 1. The Morgan fingerprint density at radius 3 is 2.92 bits per heavy atom. The fourth-order valence-electron chi connectivity index (χ4n) is 0.820. The summed E-state index contributed by atoms with van der Waals surface area (Å²) in [7, 11) is 1.99. The minimum absolute atomic E-state index is 0.921. The topological polar surface area (TPSA) is 29.0 Å². The van der Waals surface area contributed by atoms with Crippen molar-refractivity contribution in [2.45, 2.75) is 0 Å². The molecule has 0 amide bonds. The molecule has 12 heavy (non-hydrogen) atoms. The lowest BCUT2D eigenvalue weighted by Crippen LogP contribution is -2.21. The second-order valence-corrected chi connectivity index (χ2v) is 3.95. The molecule has 5 heteroatoms. The Hall–Kier alpha value is -0.160.